The van der Waals surface area contributed by atoms with Crippen LogP contribution in [0, 0.1) is 6.92 Å². The summed E-state index contributed by atoms with van der Waals surface area (Å²) in [6.45, 7) is 10.6. The van der Waals surface area contributed by atoms with Crippen molar-refractivity contribution in [3.05, 3.63) is 17.6 Å². The fraction of sp³-hybridized carbons (Fsp3) is 0.722. The van der Waals surface area contributed by atoms with Gasteiger partial charge in [-0.15, -0.1) is 0 Å². The van der Waals surface area contributed by atoms with E-state index in [2.05, 4.69) is 26.7 Å². The van der Waals surface area contributed by atoms with Crippen LogP contribution in [0.15, 0.2) is 6.07 Å². The molecule has 0 atom stereocenters. The number of carbonyl (C=O) groups excluding carboxylic acids is 1. The van der Waals surface area contributed by atoms with Gasteiger partial charge in [0.1, 0.15) is 17.3 Å². The molecular formula is C18H29N5O. The summed E-state index contributed by atoms with van der Waals surface area (Å²) in [4.78, 5) is 28.5. The standard InChI is InChI=1S/C18H29N5O/c1-3-21-10-12-23(13-11-21)18(24)16-14-17(20-15(2)19-16)22-8-6-4-5-7-9-22/h14H,3-13H2,1-2H3. The SMILES string of the molecule is CCN1CCN(C(=O)c2cc(N3CCCCCC3)nc(C)n2)CC1. The maximum absolute atomic E-state index is 12.8. The molecule has 2 aliphatic heterocycles. The van der Waals surface area contributed by atoms with E-state index >= 15 is 0 Å². The van der Waals surface area contributed by atoms with Crippen LogP contribution in [0.2, 0.25) is 0 Å². The summed E-state index contributed by atoms with van der Waals surface area (Å²) >= 11 is 0. The van der Waals surface area contributed by atoms with Gasteiger partial charge in [-0.2, -0.15) is 0 Å². The minimum Gasteiger partial charge on any atom is -0.356 e. The second kappa shape index (κ2) is 7.92. The lowest BCUT2D eigenvalue weighted by Crippen LogP contribution is -2.48. The van der Waals surface area contributed by atoms with Crippen molar-refractivity contribution in [2.24, 2.45) is 0 Å². The molecule has 24 heavy (non-hydrogen) atoms. The zero-order chi connectivity index (χ0) is 16.9. The smallest absolute Gasteiger partial charge is 0.272 e. The highest BCUT2D eigenvalue weighted by Gasteiger charge is 2.24. The summed E-state index contributed by atoms with van der Waals surface area (Å²) in [6.07, 6.45) is 4.97. The van der Waals surface area contributed by atoms with E-state index in [1.807, 2.05) is 17.9 Å². The van der Waals surface area contributed by atoms with Crippen LogP contribution >= 0.6 is 0 Å². The Morgan fingerprint density at radius 3 is 2.29 bits per heavy atom. The number of carbonyl (C=O) groups is 1. The topological polar surface area (TPSA) is 52.6 Å². The normalized spacial score (nSPS) is 20.1. The van der Waals surface area contributed by atoms with Gasteiger partial charge in [0.25, 0.3) is 5.91 Å². The second-order valence-corrected chi connectivity index (χ2v) is 6.79. The maximum atomic E-state index is 12.8. The molecule has 0 radical (unpaired) electrons. The largest absolute Gasteiger partial charge is 0.356 e. The molecule has 0 aliphatic carbocycles. The Hall–Kier alpha value is -1.69. The van der Waals surface area contributed by atoms with Crippen LogP contribution in [-0.4, -0.2) is 71.5 Å². The van der Waals surface area contributed by atoms with E-state index in [9.17, 15) is 4.79 Å². The molecule has 1 aromatic heterocycles. The van der Waals surface area contributed by atoms with Crippen LogP contribution in [0.3, 0.4) is 0 Å². The number of hydrogen-bond donors (Lipinski definition) is 0. The number of amides is 1. The Labute approximate surface area is 144 Å². The van der Waals surface area contributed by atoms with Crippen molar-refractivity contribution in [1.82, 2.24) is 19.8 Å². The minimum absolute atomic E-state index is 0.0484. The lowest BCUT2D eigenvalue weighted by molar-refractivity contribution is 0.0637. The Kier molecular flexibility index (Phi) is 5.66. The van der Waals surface area contributed by atoms with E-state index in [1.54, 1.807) is 0 Å². The van der Waals surface area contributed by atoms with Crippen LogP contribution in [0.5, 0.6) is 0 Å². The average molecular weight is 331 g/mol. The Morgan fingerprint density at radius 1 is 1.00 bits per heavy atom. The van der Waals surface area contributed by atoms with Gasteiger partial charge >= 0.3 is 0 Å². The van der Waals surface area contributed by atoms with Gasteiger partial charge in [-0.05, 0) is 26.3 Å². The second-order valence-electron chi connectivity index (χ2n) is 6.79. The molecule has 1 amide bonds. The minimum atomic E-state index is 0.0484. The zero-order valence-corrected chi connectivity index (χ0v) is 15.0. The molecule has 0 aromatic carbocycles. The molecule has 2 saturated heterocycles. The highest BCUT2D eigenvalue weighted by Crippen LogP contribution is 2.19. The van der Waals surface area contributed by atoms with Gasteiger partial charge in [-0.25, -0.2) is 9.97 Å². The molecule has 0 spiro atoms. The van der Waals surface area contributed by atoms with Crippen LogP contribution in [0.25, 0.3) is 0 Å². The number of aromatic nitrogens is 2. The number of hydrogen-bond acceptors (Lipinski definition) is 5. The Bertz CT molecular complexity index is 561. The van der Waals surface area contributed by atoms with Crippen molar-refractivity contribution in [3.8, 4) is 0 Å². The van der Waals surface area contributed by atoms with Crippen molar-refractivity contribution < 1.29 is 4.79 Å². The van der Waals surface area contributed by atoms with Crippen LogP contribution in [-0.2, 0) is 0 Å². The van der Waals surface area contributed by atoms with Crippen molar-refractivity contribution in [2.75, 3.05) is 50.7 Å². The Balaban J connectivity index is 1.74. The molecule has 0 unspecified atom stereocenters. The molecule has 6 heteroatoms. The van der Waals surface area contributed by atoms with Crippen molar-refractivity contribution in [2.45, 2.75) is 39.5 Å². The van der Waals surface area contributed by atoms with Gasteiger partial charge in [-0.3, -0.25) is 4.79 Å². The van der Waals surface area contributed by atoms with Gasteiger partial charge in [0.15, 0.2) is 0 Å². The first-order valence-electron chi connectivity index (χ1n) is 9.29. The van der Waals surface area contributed by atoms with Crippen molar-refractivity contribution in [3.63, 3.8) is 0 Å². The number of aryl methyl sites for hydroxylation is 1. The zero-order valence-electron chi connectivity index (χ0n) is 15.0. The summed E-state index contributed by atoms with van der Waals surface area (Å²) < 4.78 is 0. The molecular weight excluding hydrogens is 302 g/mol. The number of piperazine rings is 1. The van der Waals surface area contributed by atoms with E-state index < -0.39 is 0 Å². The predicted molar refractivity (Wildman–Crippen MR) is 95.5 cm³/mol. The van der Waals surface area contributed by atoms with E-state index in [4.69, 9.17) is 0 Å². The summed E-state index contributed by atoms with van der Waals surface area (Å²) in [6, 6.07) is 1.90. The molecule has 2 aliphatic rings. The van der Waals surface area contributed by atoms with Gasteiger partial charge < -0.3 is 14.7 Å². The number of anilines is 1. The number of rotatable bonds is 3. The molecule has 3 heterocycles. The highest BCUT2D eigenvalue weighted by molar-refractivity contribution is 5.93. The fourth-order valence-corrected chi connectivity index (χ4v) is 3.55. The quantitative estimate of drug-likeness (QED) is 0.847. The van der Waals surface area contributed by atoms with Crippen molar-refractivity contribution >= 4 is 11.7 Å². The number of nitrogens with zero attached hydrogens (tertiary/aromatic N) is 5. The first-order chi connectivity index (χ1) is 11.7. The van der Waals surface area contributed by atoms with E-state index in [1.165, 1.54) is 25.7 Å². The average Bonchev–Trinajstić information content (AvgIpc) is 2.90. The summed E-state index contributed by atoms with van der Waals surface area (Å²) in [7, 11) is 0. The van der Waals surface area contributed by atoms with Gasteiger partial charge in [0.2, 0.25) is 0 Å². The van der Waals surface area contributed by atoms with E-state index in [0.717, 1.165) is 51.6 Å². The van der Waals surface area contributed by atoms with E-state index in [-0.39, 0.29) is 5.91 Å². The third-order valence-electron chi connectivity index (χ3n) is 5.08. The lowest BCUT2D eigenvalue weighted by atomic mass is 10.2. The Morgan fingerprint density at radius 2 is 1.67 bits per heavy atom. The van der Waals surface area contributed by atoms with Crippen LogP contribution in [0.1, 0.15) is 48.9 Å². The molecule has 0 N–H and O–H groups in total. The third kappa shape index (κ3) is 4.04. The molecule has 0 saturated carbocycles. The fourth-order valence-electron chi connectivity index (χ4n) is 3.55. The predicted octanol–water partition coefficient (Wildman–Crippen LogP) is 1.94. The highest BCUT2D eigenvalue weighted by atomic mass is 16.2. The van der Waals surface area contributed by atoms with Gasteiger partial charge in [0.05, 0.1) is 0 Å². The first-order valence-corrected chi connectivity index (χ1v) is 9.29. The summed E-state index contributed by atoms with van der Waals surface area (Å²) in [5.41, 5.74) is 0.548. The lowest BCUT2D eigenvalue weighted by Gasteiger charge is -2.34. The summed E-state index contributed by atoms with van der Waals surface area (Å²) in [5.74, 6) is 1.65. The van der Waals surface area contributed by atoms with Gasteiger partial charge in [-0.1, -0.05) is 19.8 Å². The maximum Gasteiger partial charge on any atom is 0.272 e. The van der Waals surface area contributed by atoms with Crippen molar-refractivity contribution in [1.29, 1.82) is 0 Å². The molecule has 2 fully saturated rings. The van der Waals surface area contributed by atoms with E-state index in [0.29, 0.717) is 11.5 Å². The molecule has 1 aromatic rings. The molecule has 132 valence electrons. The van der Waals surface area contributed by atoms with Crippen LogP contribution in [0.4, 0.5) is 5.82 Å². The first kappa shape index (κ1) is 17.1. The van der Waals surface area contributed by atoms with Gasteiger partial charge in [0, 0.05) is 45.3 Å². The molecule has 0 bridgehead atoms. The summed E-state index contributed by atoms with van der Waals surface area (Å²) in [5, 5.41) is 0. The third-order valence-corrected chi connectivity index (χ3v) is 5.08. The monoisotopic (exact) mass is 331 g/mol. The molecule has 6 nitrogen and oxygen atoms in total. The van der Waals surface area contributed by atoms with Crippen LogP contribution < -0.4 is 4.90 Å². The number of likely N-dealkylation sites (N-methyl/N-ethyl adjacent to an activating group) is 1. The molecule has 3 rings (SSSR count).